The monoisotopic (exact) mass is 389 g/mol. The summed E-state index contributed by atoms with van der Waals surface area (Å²) in [6, 6.07) is 11.4. The molecule has 0 bridgehead atoms. The highest BCUT2D eigenvalue weighted by atomic mass is 35.5. The van der Waals surface area contributed by atoms with Crippen LogP contribution < -0.4 is 9.47 Å². The Morgan fingerprint density at radius 1 is 1.07 bits per heavy atom. The van der Waals surface area contributed by atoms with Gasteiger partial charge in [-0.3, -0.25) is 9.91 Å². The molecule has 6 nitrogen and oxygen atoms in total. The highest BCUT2D eigenvalue weighted by Crippen LogP contribution is 2.36. The molecule has 2 aromatic carbocycles. The van der Waals surface area contributed by atoms with Crippen molar-refractivity contribution in [1.29, 1.82) is 0 Å². The van der Waals surface area contributed by atoms with Gasteiger partial charge >= 0.3 is 0 Å². The van der Waals surface area contributed by atoms with Crippen LogP contribution in [0.25, 0.3) is 0 Å². The second kappa shape index (κ2) is 8.97. The summed E-state index contributed by atoms with van der Waals surface area (Å²) in [6.07, 6.45) is 1.76. The van der Waals surface area contributed by atoms with Crippen LogP contribution in [0.1, 0.15) is 11.1 Å². The van der Waals surface area contributed by atoms with E-state index in [1.54, 1.807) is 18.3 Å². The molecule has 1 aliphatic heterocycles. The fourth-order valence-electron chi connectivity index (χ4n) is 3.02. The number of hydrogen-bond acceptors (Lipinski definition) is 6. The number of methoxy groups -OCH3 is 2. The van der Waals surface area contributed by atoms with Crippen molar-refractivity contribution in [1.82, 2.24) is 9.91 Å². The van der Waals surface area contributed by atoms with Crippen molar-refractivity contribution in [2.75, 3.05) is 40.4 Å². The molecule has 0 saturated carbocycles. The van der Waals surface area contributed by atoms with Crippen LogP contribution in [0.2, 0.25) is 5.02 Å². The number of aromatic hydroxyl groups is 1. The predicted molar refractivity (Wildman–Crippen MR) is 107 cm³/mol. The summed E-state index contributed by atoms with van der Waals surface area (Å²) < 4.78 is 10.4. The average Bonchev–Trinajstić information content (AvgIpc) is 2.70. The summed E-state index contributed by atoms with van der Waals surface area (Å²) in [7, 11) is 3.02. The molecular weight excluding hydrogens is 366 g/mol. The highest BCUT2D eigenvalue weighted by Gasteiger charge is 2.16. The van der Waals surface area contributed by atoms with E-state index in [0.29, 0.717) is 11.5 Å². The number of benzene rings is 2. The summed E-state index contributed by atoms with van der Waals surface area (Å²) in [5.41, 5.74) is 1.96. The molecule has 0 radical (unpaired) electrons. The van der Waals surface area contributed by atoms with Crippen LogP contribution in [0.5, 0.6) is 17.2 Å². The smallest absolute Gasteiger partial charge is 0.200 e. The summed E-state index contributed by atoms with van der Waals surface area (Å²) in [4.78, 5) is 2.37. The molecule has 0 aliphatic carbocycles. The molecular formula is C20H24ClN3O3. The normalized spacial score (nSPS) is 15.3. The molecule has 0 aromatic heterocycles. The number of hydrazone groups is 1. The van der Waals surface area contributed by atoms with Gasteiger partial charge in [0.25, 0.3) is 0 Å². The van der Waals surface area contributed by atoms with Crippen molar-refractivity contribution < 1.29 is 14.6 Å². The van der Waals surface area contributed by atoms with Crippen LogP contribution in [-0.2, 0) is 6.54 Å². The molecule has 1 saturated heterocycles. The van der Waals surface area contributed by atoms with E-state index in [9.17, 15) is 5.11 Å². The third-order valence-electron chi connectivity index (χ3n) is 4.57. The zero-order chi connectivity index (χ0) is 19.2. The Labute approximate surface area is 164 Å². The van der Waals surface area contributed by atoms with Crippen LogP contribution in [0, 0.1) is 0 Å². The number of phenols is 1. The largest absolute Gasteiger partial charge is 0.502 e. The number of nitrogens with zero attached hydrogens (tertiary/aromatic N) is 3. The SMILES string of the molecule is COc1cc(/C=N\N2CCN(Cc3ccccc3Cl)CC2)cc(OC)c1O. The molecule has 1 heterocycles. The van der Waals surface area contributed by atoms with Crippen LogP contribution in [-0.4, -0.2) is 61.6 Å². The first kappa shape index (κ1) is 19.3. The Balaban J connectivity index is 1.58. The molecule has 7 heteroatoms. The highest BCUT2D eigenvalue weighted by molar-refractivity contribution is 6.31. The maximum atomic E-state index is 9.98. The lowest BCUT2D eigenvalue weighted by Gasteiger charge is -2.33. The van der Waals surface area contributed by atoms with Gasteiger partial charge in [0, 0.05) is 43.3 Å². The molecule has 2 aromatic rings. The first-order valence-electron chi connectivity index (χ1n) is 8.80. The Morgan fingerprint density at radius 2 is 1.70 bits per heavy atom. The zero-order valence-electron chi connectivity index (χ0n) is 15.6. The quantitative estimate of drug-likeness (QED) is 0.769. The first-order chi connectivity index (χ1) is 13.1. The van der Waals surface area contributed by atoms with Crippen molar-refractivity contribution in [3.8, 4) is 17.2 Å². The molecule has 1 fully saturated rings. The summed E-state index contributed by atoms with van der Waals surface area (Å²) in [5, 5.41) is 17.4. The topological polar surface area (TPSA) is 57.5 Å². The standard InChI is InChI=1S/C20H24ClN3O3/c1-26-18-11-15(12-19(27-2)20(18)25)13-22-24-9-7-23(8-10-24)14-16-5-3-4-6-17(16)21/h3-6,11-13,25H,7-10,14H2,1-2H3/b22-13-. The lowest BCUT2D eigenvalue weighted by Crippen LogP contribution is -2.43. The van der Waals surface area contributed by atoms with E-state index in [2.05, 4.69) is 16.1 Å². The zero-order valence-corrected chi connectivity index (χ0v) is 16.3. The van der Waals surface area contributed by atoms with Gasteiger partial charge in [0.15, 0.2) is 11.5 Å². The fraction of sp³-hybridized carbons (Fsp3) is 0.350. The molecule has 1 N–H and O–H groups in total. The number of phenolic OH excluding ortho intramolecular Hbond substituents is 1. The van der Waals surface area contributed by atoms with Crippen LogP contribution in [0.4, 0.5) is 0 Å². The molecule has 27 heavy (non-hydrogen) atoms. The number of hydrogen-bond donors (Lipinski definition) is 1. The van der Waals surface area contributed by atoms with Gasteiger partial charge in [0.2, 0.25) is 5.75 Å². The van der Waals surface area contributed by atoms with Gasteiger partial charge < -0.3 is 14.6 Å². The first-order valence-corrected chi connectivity index (χ1v) is 9.18. The molecule has 144 valence electrons. The molecule has 0 unspecified atom stereocenters. The van der Waals surface area contributed by atoms with Crippen molar-refractivity contribution >= 4 is 17.8 Å². The maximum Gasteiger partial charge on any atom is 0.200 e. The van der Waals surface area contributed by atoms with E-state index in [-0.39, 0.29) is 5.75 Å². The van der Waals surface area contributed by atoms with Crippen molar-refractivity contribution in [2.24, 2.45) is 5.10 Å². The van der Waals surface area contributed by atoms with Gasteiger partial charge in [-0.15, -0.1) is 0 Å². The number of ether oxygens (including phenoxy) is 2. The van der Waals surface area contributed by atoms with Crippen molar-refractivity contribution in [3.63, 3.8) is 0 Å². The van der Waals surface area contributed by atoms with Gasteiger partial charge in [-0.2, -0.15) is 5.10 Å². The number of halogens is 1. The predicted octanol–water partition coefficient (Wildman–Crippen LogP) is 3.21. The van der Waals surface area contributed by atoms with E-state index in [1.807, 2.05) is 23.2 Å². The van der Waals surface area contributed by atoms with Crippen LogP contribution >= 0.6 is 11.6 Å². The van der Waals surface area contributed by atoms with E-state index < -0.39 is 0 Å². The number of rotatable bonds is 6. The minimum atomic E-state index is -0.00895. The van der Waals surface area contributed by atoms with Gasteiger partial charge in [0.1, 0.15) is 0 Å². The van der Waals surface area contributed by atoms with Gasteiger partial charge in [-0.1, -0.05) is 29.8 Å². The second-order valence-electron chi connectivity index (χ2n) is 6.34. The second-order valence-corrected chi connectivity index (χ2v) is 6.75. The number of piperazine rings is 1. The molecule has 3 rings (SSSR count). The molecule has 0 spiro atoms. The minimum absolute atomic E-state index is 0.00895. The molecule has 0 amide bonds. The molecule has 1 aliphatic rings. The van der Waals surface area contributed by atoms with E-state index >= 15 is 0 Å². The third-order valence-corrected chi connectivity index (χ3v) is 4.94. The summed E-state index contributed by atoms with van der Waals surface area (Å²) >= 11 is 6.25. The Bertz CT molecular complexity index is 780. The fourth-order valence-corrected chi connectivity index (χ4v) is 3.21. The lowest BCUT2D eigenvalue weighted by molar-refractivity contribution is 0.131. The molecule has 0 atom stereocenters. The van der Waals surface area contributed by atoms with E-state index in [4.69, 9.17) is 21.1 Å². The third kappa shape index (κ3) is 4.84. The van der Waals surface area contributed by atoms with E-state index in [0.717, 1.165) is 48.9 Å². The Morgan fingerprint density at radius 3 is 2.30 bits per heavy atom. The van der Waals surface area contributed by atoms with Gasteiger partial charge in [0.05, 0.1) is 20.4 Å². The van der Waals surface area contributed by atoms with Crippen LogP contribution in [0.3, 0.4) is 0 Å². The lowest BCUT2D eigenvalue weighted by atomic mass is 10.2. The maximum absolute atomic E-state index is 9.98. The summed E-state index contributed by atoms with van der Waals surface area (Å²) in [5.74, 6) is 0.714. The van der Waals surface area contributed by atoms with E-state index in [1.165, 1.54) is 14.2 Å². The van der Waals surface area contributed by atoms with Crippen LogP contribution in [0.15, 0.2) is 41.5 Å². The Hall–Kier alpha value is -2.44. The summed E-state index contributed by atoms with van der Waals surface area (Å²) in [6.45, 7) is 4.37. The van der Waals surface area contributed by atoms with Gasteiger partial charge in [-0.25, -0.2) is 0 Å². The Kier molecular flexibility index (Phi) is 6.42. The van der Waals surface area contributed by atoms with Crippen molar-refractivity contribution in [3.05, 3.63) is 52.5 Å². The average molecular weight is 390 g/mol. The van der Waals surface area contributed by atoms with Crippen molar-refractivity contribution in [2.45, 2.75) is 6.54 Å². The minimum Gasteiger partial charge on any atom is -0.502 e. The van der Waals surface area contributed by atoms with Gasteiger partial charge in [-0.05, 0) is 23.8 Å².